The molecule has 1 aromatic carbocycles. The monoisotopic (exact) mass is 650 g/mol. The lowest BCUT2D eigenvalue weighted by molar-refractivity contribution is -0.215. The zero-order valence-electron chi connectivity index (χ0n) is 26.9. The van der Waals surface area contributed by atoms with Gasteiger partial charge in [0.2, 0.25) is 5.91 Å². The van der Waals surface area contributed by atoms with Crippen molar-refractivity contribution in [1.82, 2.24) is 24.9 Å². The highest BCUT2D eigenvalue weighted by Crippen LogP contribution is 2.47. The van der Waals surface area contributed by atoms with Crippen LogP contribution in [-0.4, -0.2) is 113 Å². The van der Waals surface area contributed by atoms with Gasteiger partial charge in [0, 0.05) is 54.6 Å². The molecule has 1 aromatic rings. The SMILES string of the molecule is C=CC(=O)N1CCN(C2C3CC[C@]4(Cc5cc(Cl)ccc5O4)C(=O)C3NC(OCC3CCCN3C)N2C2CCCC2)CC1CC#N. The molecule has 0 radical (unpaired) electrons. The van der Waals surface area contributed by atoms with Crippen molar-refractivity contribution in [3.05, 3.63) is 41.4 Å². The molecule has 11 heteroatoms. The van der Waals surface area contributed by atoms with Crippen LogP contribution in [-0.2, 0) is 20.7 Å². The third-order valence-corrected chi connectivity index (χ3v) is 11.9. The van der Waals surface area contributed by atoms with E-state index in [1.165, 1.54) is 25.3 Å². The molecule has 2 saturated carbocycles. The molecule has 1 N–H and O–H groups in total. The van der Waals surface area contributed by atoms with Crippen LogP contribution in [0.5, 0.6) is 5.75 Å². The number of ether oxygens (including phenoxy) is 2. The van der Waals surface area contributed by atoms with Crippen molar-refractivity contribution in [3.8, 4) is 11.8 Å². The largest absolute Gasteiger partial charge is 0.479 e. The van der Waals surface area contributed by atoms with Crippen LogP contribution in [0.25, 0.3) is 0 Å². The molecule has 0 bridgehead atoms. The number of likely N-dealkylation sites (N-methyl/N-ethyl adjacent to an activating group) is 1. The number of nitriles is 1. The number of carbonyl (C=O) groups is 2. The standard InChI is InChI=1S/C35H47ClN6O4/c1-3-30(43)41-18-17-40(21-26(41)13-15-37)33-28-12-14-35(20-23-19-24(36)10-11-29(23)46-35)32(44)31(28)38-34(42(33)25-7-4-5-8-25)45-22-27-9-6-16-39(27)2/h3,10-11,19,25-28,31,33-34,38H,1,4-9,12-14,16-18,20-22H2,2H3/t26?,27?,28?,31?,33?,34?,35-/m0/s1. The van der Waals surface area contributed by atoms with Gasteiger partial charge >= 0.3 is 0 Å². The minimum atomic E-state index is -0.921. The van der Waals surface area contributed by atoms with Crippen LogP contribution in [0.2, 0.25) is 5.02 Å². The molecule has 1 spiro atoms. The number of nitrogens with zero attached hydrogens (tertiary/aromatic N) is 5. The zero-order valence-corrected chi connectivity index (χ0v) is 27.7. The summed E-state index contributed by atoms with van der Waals surface area (Å²) in [5, 5.41) is 14.2. The Morgan fingerprint density at radius 3 is 2.76 bits per heavy atom. The van der Waals surface area contributed by atoms with Crippen molar-refractivity contribution in [3.63, 3.8) is 0 Å². The average Bonchev–Trinajstić information content (AvgIpc) is 3.82. The van der Waals surface area contributed by atoms with Crippen molar-refractivity contribution in [2.24, 2.45) is 5.92 Å². The van der Waals surface area contributed by atoms with Crippen molar-refractivity contribution >= 4 is 23.3 Å². The predicted octanol–water partition coefficient (Wildman–Crippen LogP) is 3.54. The first kappa shape index (κ1) is 32.0. The summed E-state index contributed by atoms with van der Waals surface area (Å²) in [5.41, 5.74) is 0.0641. The fourth-order valence-corrected chi connectivity index (χ4v) is 9.50. The summed E-state index contributed by atoms with van der Waals surface area (Å²) in [7, 11) is 2.16. The van der Waals surface area contributed by atoms with E-state index in [1.807, 2.05) is 18.2 Å². The maximum absolute atomic E-state index is 14.8. The van der Waals surface area contributed by atoms with E-state index in [0.717, 1.165) is 43.5 Å². The quantitative estimate of drug-likeness (QED) is 0.444. The highest BCUT2D eigenvalue weighted by atomic mass is 35.5. The summed E-state index contributed by atoms with van der Waals surface area (Å²) in [6.07, 6.45) is 9.87. The third kappa shape index (κ3) is 5.78. The Kier molecular flexibility index (Phi) is 9.18. The van der Waals surface area contributed by atoms with Crippen molar-refractivity contribution in [1.29, 1.82) is 5.26 Å². The van der Waals surface area contributed by atoms with Gasteiger partial charge in [0.15, 0.2) is 17.7 Å². The summed E-state index contributed by atoms with van der Waals surface area (Å²) in [6, 6.07) is 7.94. The number of likely N-dealkylation sites (tertiary alicyclic amines) is 1. The first-order valence-electron chi connectivity index (χ1n) is 17.2. The van der Waals surface area contributed by atoms with E-state index in [2.05, 4.69) is 39.7 Å². The van der Waals surface area contributed by atoms with E-state index in [9.17, 15) is 14.9 Å². The van der Waals surface area contributed by atoms with E-state index >= 15 is 0 Å². The summed E-state index contributed by atoms with van der Waals surface area (Å²) < 4.78 is 13.4. The molecule has 248 valence electrons. The van der Waals surface area contributed by atoms with Gasteiger partial charge in [-0.05, 0) is 76.4 Å². The lowest BCUT2D eigenvalue weighted by Gasteiger charge is -2.59. The Labute approximate surface area is 277 Å². The second-order valence-electron chi connectivity index (χ2n) is 14.2. The number of benzene rings is 1. The lowest BCUT2D eigenvalue weighted by Crippen LogP contribution is -2.77. The maximum Gasteiger partial charge on any atom is 0.246 e. The summed E-state index contributed by atoms with van der Waals surface area (Å²) in [4.78, 5) is 36.7. The number of Topliss-reactive ketones (excluding diaryl/α,β-unsaturated/α-hetero) is 1. The first-order valence-corrected chi connectivity index (χ1v) is 17.6. The number of carbonyl (C=O) groups excluding carboxylic acids is 2. The van der Waals surface area contributed by atoms with Gasteiger partial charge in [-0.1, -0.05) is 31.0 Å². The van der Waals surface area contributed by atoms with Crippen molar-refractivity contribution in [2.45, 2.75) is 106 Å². The predicted molar refractivity (Wildman–Crippen MR) is 174 cm³/mol. The van der Waals surface area contributed by atoms with E-state index < -0.39 is 18.0 Å². The van der Waals surface area contributed by atoms with Crippen molar-refractivity contribution < 1.29 is 19.1 Å². The molecule has 3 saturated heterocycles. The molecule has 46 heavy (non-hydrogen) atoms. The van der Waals surface area contributed by atoms with E-state index in [0.29, 0.717) is 56.2 Å². The minimum Gasteiger partial charge on any atom is -0.479 e. The second kappa shape index (κ2) is 13.2. The molecule has 10 nitrogen and oxygen atoms in total. The zero-order chi connectivity index (χ0) is 32.0. The van der Waals surface area contributed by atoms with Gasteiger partial charge in [0.1, 0.15) is 5.75 Å². The maximum atomic E-state index is 14.8. The smallest absolute Gasteiger partial charge is 0.246 e. The first-order chi connectivity index (χ1) is 22.3. The number of ketones is 1. The molecular formula is C35H47ClN6O4. The molecule has 5 fully saturated rings. The number of halogens is 1. The topological polar surface area (TPSA) is 101 Å². The van der Waals surface area contributed by atoms with Crippen LogP contribution in [0.15, 0.2) is 30.9 Å². The molecule has 6 aliphatic rings. The van der Waals surface area contributed by atoms with Crippen LogP contribution in [0.4, 0.5) is 0 Å². The van der Waals surface area contributed by atoms with Gasteiger partial charge in [-0.2, -0.15) is 5.26 Å². The van der Waals surface area contributed by atoms with Gasteiger partial charge in [-0.15, -0.1) is 0 Å². The van der Waals surface area contributed by atoms with Gasteiger partial charge in [-0.25, -0.2) is 4.90 Å². The van der Waals surface area contributed by atoms with Crippen LogP contribution >= 0.6 is 11.6 Å². The van der Waals surface area contributed by atoms with Crippen LogP contribution < -0.4 is 10.1 Å². The van der Waals surface area contributed by atoms with E-state index in [1.54, 1.807) is 4.90 Å². The van der Waals surface area contributed by atoms with Gasteiger partial charge in [0.05, 0.1) is 37.3 Å². The Morgan fingerprint density at radius 1 is 1.20 bits per heavy atom. The molecule has 0 aromatic heterocycles. The Bertz CT molecular complexity index is 1380. The molecule has 1 amide bonds. The number of amides is 1. The van der Waals surface area contributed by atoms with Gasteiger partial charge < -0.3 is 19.3 Å². The number of fused-ring (bicyclic) bond motifs is 2. The number of rotatable bonds is 7. The number of nitrogens with one attached hydrogen (secondary N) is 1. The van der Waals surface area contributed by atoms with E-state index in [4.69, 9.17) is 21.1 Å². The fraction of sp³-hybridized carbons (Fsp3) is 0.686. The summed E-state index contributed by atoms with van der Waals surface area (Å²) in [5.74, 6) is 0.710. The van der Waals surface area contributed by atoms with Crippen LogP contribution in [0, 0.1) is 17.2 Å². The second-order valence-corrected chi connectivity index (χ2v) is 14.7. The van der Waals surface area contributed by atoms with Crippen LogP contribution in [0.1, 0.15) is 63.4 Å². The molecule has 7 rings (SSSR count). The number of piperazine rings is 1. The molecular weight excluding hydrogens is 604 g/mol. The van der Waals surface area contributed by atoms with Gasteiger partial charge in [-0.3, -0.25) is 19.8 Å². The van der Waals surface area contributed by atoms with Gasteiger partial charge in [0.25, 0.3) is 0 Å². The Balaban J connectivity index is 1.22. The number of hydrogen-bond donors (Lipinski definition) is 1. The average molecular weight is 651 g/mol. The molecule has 2 aliphatic carbocycles. The molecule has 6 unspecified atom stereocenters. The summed E-state index contributed by atoms with van der Waals surface area (Å²) >= 11 is 6.34. The fourth-order valence-electron chi connectivity index (χ4n) is 9.31. The highest BCUT2D eigenvalue weighted by Gasteiger charge is 2.60. The highest BCUT2D eigenvalue weighted by molar-refractivity contribution is 6.30. The molecule has 7 atom stereocenters. The molecule has 4 aliphatic heterocycles. The Hall–Kier alpha value is -2.52. The molecule has 4 heterocycles. The summed E-state index contributed by atoms with van der Waals surface area (Å²) in [6.45, 7) is 7.13. The normalized spacial score (nSPS) is 35.6. The number of hydrogen-bond acceptors (Lipinski definition) is 9. The van der Waals surface area contributed by atoms with Crippen molar-refractivity contribution in [2.75, 3.05) is 39.8 Å². The Morgan fingerprint density at radius 2 is 2.02 bits per heavy atom. The minimum absolute atomic E-state index is 0.00743. The lowest BCUT2D eigenvalue weighted by atomic mass is 9.70. The third-order valence-electron chi connectivity index (χ3n) is 11.7. The van der Waals surface area contributed by atoms with E-state index in [-0.39, 0.29) is 36.2 Å². The van der Waals surface area contributed by atoms with Crippen LogP contribution in [0.3, 0.4) is 0 Å².